The van der Waals surface area contributed by atoms with Crippen molar-refractivity contribution >= 4 is 27.8 Å². The molecule has 1 aliphatic heterocycles. The van der Waals surface area contributed by atoms with Crippen molar-refractivity contribution in [2.24, 2.45) is 0 Å². The van der Waals surface area contributed by atoms with Crippen molar-refractivity contribution in [3.05, 3.63) is 29.8 Å². The molecule has 2 amide bonds. The average Bonchev–Trinajstić information content (AvgIpc) is 2.55. The van der Waals surface area contributed by atoms with Crippen LogP contribution < -0.4 is 10.0 Å². The lowest BCUT2D eigenvalue weighted by Gasteiger charge is -2.28. The zero-order valence-corrected chi connectivity index (χ0v) is 14.3. The number of hydrogen-bond donors (Lipinski definition) is 2. The second-order valence-electron chi connectivity index (χ2n) is 5.05. The predicted molar refractivity (Wildman–Crippen MR) is 88.5 cm³/mol. The molecule has 1 aromatic rings. The summed E-state index contributed by atoms with van der Waals surface area (Å²) < 4.78 is 26.0. The van der Waals surface area contributed by atoms with Crippen LogP contribution in [0.25, 0.3) is 0 Å². The van der Waals surface area contributed by atoms with Crippen LogP contribution >= 0.6 is 11.8 Å². The Morgan fingerprint density at radius 1 is 1.32 bits per heavy atom. The highest BCUT2D eigenvalue weighted by molar-refractivity contribution is 7.99. The third-order valence-electron chi connectivity index (χ3n) is 3.58. The number of thioether (sulfide) groups is 1. The molecule has 0 saturated carbocycles. The fourth-order valence-corrected chi connectivity index (χ4v) is 3.88. The number of rotatable bonds is 4. The van der Waals surface area contributed by atoms with E-state index in [0.29, 0.717) is 0 Å². The Kier molecular flexibility index (Phi) is 5.71. The number of amides is 2. The van der Waals surface area contributed by atoms with Crippen molar-refractivity contribution in [1.82, 2.24) is 14.9 Å². The molecule has 1 heterocycles. The third kappa shape index (κ3) is 4.15. The number of hydrogen-bond acceptors (Lipinski definition) is 4. The summed E-state index contributed by atoms with van der Waals surface area (Å²) in [5, 5.41) is 2.93. The zero-order valence-electron chi connectivity index (χ0n) is 12.7. The maximum Gasteiger partial charge on any atom is 0.317 e. The molecule has 2 N–H and O–H groups in total. The number of nitrogens with one attached hydrogen (secondary N) is 2. The van der Waals surface area contributed by atoms with Crippen molar-refractivity contribution in [3.8, 4) is 0 Å². The van der Waals surface area contributed by atoms with E-state index in [4.69, 9.17) is 0 Å². The van der Waals surface area contributed by atoms with E-state index in [1.807, 2.05) is 24.8 Å². The quantitative estimate of drug-likeness (QED) is 0.866. The van der Waals surface area contributed by atoms with Crippen LogP contribution in [0.5, 0.6) is 0 Å². The molecule has 2 rings (SSSR count). The molecule has 0 aliphatic carbocycles. The van der Waals surface area contributed by atoms with Gasteiger partial charge in [0, 0.05) is 24.6 Å². The van der Waals surface area contributed by atoms with Crippen molar-refractivity contribution in [2.75, 3.05) is 31.6 Å². The molecule has 0 bridgehead atoms. The van der Waals surface area contributed by atoms with Gasteiger partial charge in [-0.2, -0.15) is 11.8 Å². The first-order chi connectivity index (χ1) is 10.4. The van der Waals surface area contributed by atoms with Crippen LogP contribution in [-0.2, 0) is 10.0 Å². The Balaban J connectivity index is 2.07. The highest BCUT2D eigenvalue weighted by Crippen LogP contribution is 2.18. The molecule has 1 saturated heterocycles. The van der Waals surface area contributed by atoms with Crippen LogP contribution in [-0.4, -0.2) is 51.0 Å². The molecule has 22 heavy (non-hydrogen) atoms. The molecule has 8 heteroatoms. The lowest BCUT2D eigenvalue weighted by atomic mass is 10.1. The normalized spacial score (nSPS) is 17.1. The van der Waals surface area contributed by atoms with E-state index in [2.05, 4.69) is 10.0 Å². The summed E-state index contributed by atoms with van der Waals surface area (Å²) in [6.07, 6.45) is 0. The van der Waals surface area contributed by atoms with E-state index in [1.54, 1.807) is 17.0 Å². The van der Waals surface area contributed by atoms with E-state index in [-0.39, 0.29) is 17.0 Å². The fraction of sp³-hybridized carbons (Fsp3) is 0.500. The van der Waals surface area contributed by atoms with Crippen molar-refractivity contribution < 1.29 is 13.2 Å². The zero-order chi connectivity index (χ0) is 16.2. The molecule has 1 atom stereocenters. The summed E-state index contributed by atoms with van der Waals surface area (Å²) in [4.78, 5) is 14.2. The maximum absolute atomic E-state index is 12.2. The van der Waals surface area contributed by atoms with Crippen LogP contribution in [0.4, 0.5) is 4.79 Å². The van der Waals surface area contributed by atoms with Crippen LogP contribution in [0, 0.1) is 0 Å². The average molecular weight is 343 g/mol. The first kappa shape index (κ1) is 17.1. The molecule has 0 aromatic heterocycles. The van der Waals surface area contributed by atoms with Crippen LogP contribution in [0.2, 0.25) is 0 Å². The molecule has 0 spiro atoms. The lowest BCUT2D eigenvalue weighted by Crippen LogP contribution is -2.45. The summed E-state index contributed by atoms with van der Waals surface area (Å²) in [6, 6.07) is 6.25. The molecule has 0 unspecified atom stereocenters. The second-order valence-corrected chi connectivity index (χ2v) is 8.16. The van der Waals surface area contributed by atoms with E-state index in [9.17, 15) is 13.2 Å². The number of nitrogens with zero attached hydrogens (tertiary/aromatic N) is 1. The van der Waals surface area contributed by atoms with E-state index >= 15 is 0 Å². The minimum absolute atomic E-state index is 0.102. The topological polar surface area (TPSA) is 78.5 Å². The standard InChI is InChI=1S/C14H21N3O3S2/c1-11(16-14(18)17-6-8-21-9-7-17)12-4-3-5-13(10-12)22(19,20)15-2/h3-5,10-11,15H,6-9H2,1-2H3,(H,16,18)/t11-/m1/s1. The fourth-order valence-electron chi connectivity index (χ4n) is 2.20. The molecule has 1 aromatic carbocycles. The van der Waals surface area contributed by atoms with Crippen molar-refractivity contribution in [1.29, 1.82) is 0 Å². The summed E-state index contributed by atoms with van der Waals surface area (Å²) in [6.45, 7) is 3.34. The molecule has 1 fully saturated rings. The summed E-state index contributed by atoms with van der Waals surface area (Å²) >= 11 is 1.84. The number of carbonyl (C=O) groups excluding carboxylic acids is 1. The second kappa shape index (κ2) is 7.34. The van der Waals surface area contributed by atoms with Gasteiger partial charge in [0.05, 0.1) is 10.9 Å². The largest absolute Gasteiger partial charge is 0.331 e. The first-order valence-corrected chi connectivity index (χ1v) is 9.74. The minimum atomic E-state index is -3.48. The third-order valence-corrected chi connectivity index (χ3v) is 5.93. The number of carbonyl (C=O) groups is 1. The molecular formula is C14H21N3O3S2. The van der Waals surface area contributed by atoms with Crippen molar-refractivity contribution in [3.63, 3.8) is 0 Å². The van der Waals surface area contributed by atoms with E-state index in [1.165, 1.54) is 13.1 Å². The van der Waals surface area contributed by atoms with Gasteiger partial charge >= 0.3 is 6.03 Å². The van der Waals surface area contributed by atoms with Gasteiger partial charge in [-0.05, 0) is 31.7 Å². The Labute approximate surface area is 135 Å². The van der Waals surface area contributed by atoms with Gasteiger partial charge in [0.1, 0.15) is 0 Å². The molecule has 0 radical (unpaired) electrons. The Morgan fingerprint density at radius 2 is 2.00 bits per heavy atom. The Morgan fingerprint density at radius 3 is 2.64 bits per heavy atom. The lowest BCUT2D eigenvalue weighted by molar-refractivity contribution is 0.199. The van der Waals surface area contributed by atoms with Gasteiger partial charge in [-0.25, -0.2) is 17.9 Å². The van der Waals surface area contributed by atoms with E-state index < -0.39 is 10.0 Å². The van der Waals surface area contributed by atoms with Gasteiger partial charge < -0.3 is 10.2 Å². The van der Waals surface area contributed by atoms with Gasteiger partial charge in [-0.1, -0.05) is 12.1 Å². The smallest absolute Gasteiger partial charge is 0.317 e. The SMILES string of the molecule is CNS(=O)(=O)c1cccc([C@@H](C)NC(=O)N2CCSCC2)c1. The molecule has 122 valence electrons. The Bertz CT molecular complexity index is 628. The highest BCUT2D eigenvalue weighted by atomic mass is 32.2. The molecular weight excluding hydrogens is 322 g/mol. The van der Waals surface area contributed by atoms with Crippen molar-refractivity contribution in [2.45, 2.75) is 17.9 Å². The van der Waals surface area contributed by atoms with E-state index in [0.717, 1.165) is 30.2 Å². The van der Waals surface area contributed by atoms with Gasteiger partial charge in [0.15, 0.2) is 0 Å². The highest BCUT2D eigenvalue weighted by Gasteiger charge is 2.20. The summed E-state index contributed by atoms with van der Waals surface area (Å²) in [7, 11) is -2.10. The van der Waals surface area contributed by atoms with Crippen LogP contribution in [0.3, 0.4) is 0 Å². The predicted octanol–water partition coefficient (Wildman–Crippen LogP) is 1.41. The number of benzene rings is 1. The van der Waals surface area contributed by atoms with Gasteiger partial charge in [0.2, 0.25) is 10.0 Å². The maximum atomic E-state index is 12.2. The number of urea groups is 1. The van der Waals surface area contributed by atoms with Gasteiger partial charge in [-0.15, -0.1) is 0 Å². The Hall–Kier alpha value is -1.25. The molecule has 6 nitrogen and oxygen atoms in total. The monoisotopic (exact) mass is 343 g/mol. The summed E-state index contributed by atoms with van der Waals surface area (Å²) in [5.74, 6) is 1.91. The number of sulfonamides is 1. The van der Waals surface area contributed by atoms with Crippen LogP contribution in [0.15, 0.2) is 29.2 Å². The van der Waals surface area contributed by atoms with Gasteiger partial charge in [-0.3, -0.25) is 0 Å². The first-order valence-electron chi connectivity index (χ1n) is 7.11. The summed E-state index contributed by atoms with van der Waals surface area (Å²) in [5.41, 5.74) is 0.760. The minimum Gasteiger partial charge on any atom is -0.331 e. The van der Waals surface area contributed by atoms with Crippen LogP contribution in [0.1, 0.15) is 18.5 Å². The van der Waals surface area contributed by atoms with Gasteiger partial charge in [0.25, 0.3) is 0 Å². The molecule has 1 aliphatic rings.